The van der Waals surface area contributed by atoms with E-state index in [1.54, 1.807) is 0 Å². The van der Waals surface area contributed by atoms with Crippen molar-refractivity contribution < 1.29 is 22.7 Å². The normalized spacial score (nSPS) is 11.5. The zero-order chi connectivity index (χ0) is 19.1. The van der Waals surface area contributed by atoms with Crippen LogP contribution in [0.25, 0.3) is 16.6 Å². The Kier molecular flexibility index (Phi) is 4.41. The number of methoxy groups -OCH3 is 1. The summed E-state index contributed by atoms with van der Waals surface area (Å²) in [7, 11) is 1.22. The van der Waals surface area contributed by atoms with Crippen LogP contribution < -0.4 is 5.56 Å². The van der Waals surface area contributed by atoms with Crippen LogP contribution in [0.15, 0.2) is 47.3 Å². The van der Waals surface area contributed by atoms with Gasteiger partial charge in [0.1, 0.15) is 0 Å². The van der Waals surface area contributed by atoms with Gasteiger partial charge in [-0.25, -0.2) is 4.79 Å². The first kappa shape index (κ1) is 17.9. The fourth-order valence-electron chi connectivity index (χ4n) is 2.52. The lowest BCUT2D eigenvalue weighted by Crippen LogP contribution is -2.21. The lowest BCUT2D eigenvalue weighted by molar-refractivity contribution is -0.137. The van der Waals surface area contributed by atoms with Crippen molar-refractivity contribution in [1.82, 2.24) is 9.55 Å². The summed E-state index contributed by atoms with van der Waals surface area (Å²) in [6, 6.07) is 8.49. The van der Waals surface area contributed by atoms with Crippen molar-refractivity contribution in [1.29, 1.82) is 0 Å². The molecule has 0 saturated carbocycles. The van der Waals surface area contributed by atoms with Crippen LogP contribution in [0, 0.1) is 4.77 Å². The van der Waals surface area contributed by atoms with E-state index in [1.807, 2.05) is 0 Å². The molecule has 1 aromatic heterocycles. The molecule has 0 bridgehead atoms. The van der Waals surface area contributed by atoms with Gasteiger partial charge >= 0.3 is 12.1 Å². The summed E-state index contributed by atoms with van der Waals surface area (Å²) in [6.45, 7) is 0. The maximum absolute atomic E-state index is 12.9. The van der Waals surface area contributed by atoms with Crippen LogP contribution in [-0.4, -0.2) is 22.6 Å². The topological polar surface area (TPSA) is 64.1 Å². The number of ether oxygens (including phenoxy) is 1. The number of aromatic amines is 1. The van der Waals surface area contributed by atoms with E-state index in [-0.39, 0.29) is 26.9 Å². The molecule has 0 fully saturated rings. The average molecular weight is 380 g/mol. The molecule has 134 valence electrons. The molecule has 1 heterocycles. The molecular formula is C17H11F3N2O3S. The Morgan fingerprint density at radius 2 is 1.92 bits per heavy atom. The number of aromatic nitrogens is 2. The molecule has 1 N–H and O–H groups in total. The minimum Gasteiger partial charge on any atom is -0.465 e. The van der Waals surface area contributed by atoms with Crippen LogP contribution in [0.3, 0.4) is 0 Å². The Balaban J connectivity index is 2.24. The fraction of sp³-hybridized carbons (Fsp3) is 0.118. The van der Waals surface area contributed by atoms with E-state index in [4.69, 9.17) is 12.2 Å². The predicted molar refractivity (Wildman–Crippen MR) is 91.1 cm³/mol. The van der Waals surface area contributed by atoms with Crippen LogP contribution in [0.2, 0.25) is 0 Å². The van der Waals surface area contributed by atoms with E-state index in [0.29, 0.717) is 0 Å². The number of hydrogen-bond acceptors (Lipinski definition) is 4. The number of H-pyrrole nitrogens is 1. The largest absolute Gasteiger partial charge is 0.465 e. The zero-order valence-corrected chi connectivity index (χ0v) is 14.1. The van der Waals surface area contributed by atoms with Crippen molar-refractivity contribution in [2.24, 2.45) is 0 Å². The highest BCUT2D eigenvalue weighted by Gasteiger charge is 2.30. The van der Waals surface area contributed by atoms with E-state index < -0.39 is 23.3 Å². The monoisotopic (exact) mass is 380 g/mol. The summed E-state index contributed by atoms with van der Waals surface area (Å²) in [5.41, 5.74) is -1.00. The van der Waals surface area contributed by atoms with Crippen LogP contribution >= 0.6 is 12.2 Å². The Hall–Kier alpha value is -2.94. The van der Waals surface area contributed by atoms with Gasteiger partial charge in [-0.15, -0.1) is 0 Å². The summed E-state index contributed by atoms with van der Waals surface area (Å²) in [6.07, 6.45) is -4.54. The highest BCUT2D eigenvalue weighted by atomic mass is 32.1. The van der Waals surface area contributed by atoms with Gasteiger partial charge in [0.25, 0.3) is 5.56 Å². The van der Waals surface area contributed by atoms with Crippen molar-refractivity contribution >= 4 is 29.1 Å². The zero-order valence-electron chi connectivity index (χ0n) is 13.3. The number of benzene rings is 2. The number of halogens is 3. The third-order valence-corrected chi connectivity index (χ3v) is 4.04. The van der Waals surface area contributed by atoms with Crippen molar-refractivity contribution in [3.05, 3.63) is 68.7 Å². The first-order chi connectivity index (χ1) is 12.2. The molecule has 0 aliphatic carbocycles. The molecule has 0 atom stereocenters. The smallest absolute Gasteiger partial charge is 0.416 e. The van der Waals surface area contributed by atoms with Gasteiger partial charge in [0, 0.05) is 0 Å². The van der Waals surface area contributed by atoms with Gasteiger partial charge in [-0.1, -0.05) is 6.07 Å². The number of hydrogen-bond donors (Lipinski definition) is 1. The molecule has 5 nitrogen and oxygen atoms in total. The molecule has 3 rings (SSSR count). The minimum atomic E-state index is -4.54. The summed E-state index contributed by atoms with van der Waals surface area (Å²) in [4.78, 5) is 27.1. The molecule has 0 aliphatic rings. The Bertz CT molecular complexity index is 1130. The number of fused-ring (bicyclic) bond motifs is 1. The van der Waals surface area contributed by atoms with Crippen molar-refractivity contribution in [2.45, 2.75) is 6.18 Å². The third kappa shape index (κ3) is 3.13. The molecule has 0 aliphatic heterocycles. The van der Waals surface area contributed by atoms with Gasteiger partial charge in [0.15, 0.2) is 4.77 Å². The molecule has 9 heteroatoms. The summed E-state index contributed by atoms with van der Waals surface area (Å²) < 4.78 is 44.3. The third-order valence-electron chi connectivity index (χ3n) is 3.75. The standard InChI is InChI=1S/C17H11F3N2O3S/c1-25-15(24)9-5-6-12-13(7-9)21-16(26)22(14(12)23)11-4-2-3-10(8-11)17(18,19)20/h2-8H,1H3,(H,21,26). The van der Waals surface area contributed by atoms with Crippen LogP contribution in [0.5, 0.6) is 0 Å². The van der Waals surface area contributed by atoms with Crippen LogP contribution in [0.4, 0.5) is 13.2 Å². The molecule has 0 saturated heterocycles. The Morgan fingerprint density at radius 1 is 1.19 bits per heavy atom. The summed E-state index contributed by atoms with van der Waals surface area (Å²) in [5, 5.41) is 0.170. The van der Waals surface area contributed by atoms with Crippen molar-refractivity contribution in [2.75, 3.05) is 7.11 Å². The SMILES string of the molecule is COC(=O)c1ccc2c(=O)n(-c3cccc(C(F)(F)F)c3)c(=S)[nH]c2c1. The Labute approximate surface area is 149 Å². The number of carbonyl (C=O) groups excluding carboxylic acids is 1. The Morgan fingerprint density at radius 3 is 2.58 bits per heavy atom. The summed E-state index contributed by atoms with van der Waals surface area (Å²) >= 11 is 5.13. The molecule has 3 aromatic rings. The number of esters is 1. The van der Waals surface area contributed by atoms with E-state index in [9.17, 15) is 22.8 Å². The molecule has 26 heavy (non-hydrogen) atoms. The van der Waals surface area contributed by atoms with E-state index in [1.165, 1.54) is 37.4 Å². The van der Waals surface area contributed by atoms with E-state index in [2.05, 4.69) is 9.72 Å². The minimum absolute atomic E-state index is 0.00924. The van der Waals surface area contributed by atoms with E-state index >= 15 is 0 Å². The molecular weight excluding hydrogens is 369 g/mol. The number of rotatable bonds is 2. The van der Waals surface area contributed by atoms with Crippen LogP contribution in [-0.2, 0) is 10.9 Å². The number of nitrogens with one attached hydrogen (secondary N) is 1. The first-order valence-electron chi connectivity index (χ1n) is 7.27. The molecule has 2 aromatic carbocycles. The van der Waals surface area contributed by atoms with Gasteiger partial charge in [-0.3, -0.25) is 9.36 Å². The molecule has 0 unspecified atom stereocenters. The van der Waals surface area contributed by atoms with Gasteiger partial charge in [0.2, 0.25) is 0 Å². The lowest BCUT2D eigenvalue weighted by Gasteiger charge is -2.12. The highest BCUT2D eigenvalue weighted by molar-refractivity contribution is 7.71. The first-order valence-corrected chi connectivity index (χ1v) is 7.68. The average Bonchev–Trinajstić information content (AvgIpc) is 2.60. The molecule has 0 radical (unpaired) electrons. The van der Waals surface area contributed by atoms with Gasteiger partial charge in [0.05, 0.1) is 34.8 Å². The summed E-state index contributed by atoms with van der Waals surface area (Å²) in [5.74, 6) is -0.590. The maximum Gasteiger partial charge on any atom is 0.416 e. The molecule has 0 amide bonds. The number of alkyl halides is 3. The van der Waals surface area contributed by atoms with Gasteiger partial charge < -0.3 is 9.72 Å². The second kappa shape index (κ2) is 6.41. The maximum atomic E-state index is 12.9. The lowest BCUT2D eigenvalue weighted by atomic mass is 10.1. The quantitative estimate of drug-likeness (QED) is 0.542. The van der Waals surface area contributed by atoms with Crippen LogP contribution in [0.1, 0.15) is 15.9 Å². The van der Waals surface area contributed by atoms with Crippen molar-refractivity contribution in [3.63, 3.8) is 0 Å². The predicted octanol–water partition coefficient (Wildman–Crippen LogP) is 3.85. The molecule has 0 spiro atoms. The van der Waals surface area contributed by atoms with Gasteiger partial charge in [-0.2, -0.15) is 13.2 Å². The number of carbonyl (C=O) groups is 1. The van der Waals surface area contributed by atoms with E-state index in [0.717, 1.165) is 16.7 Å². The van der Waals surface area contributed by atoms with Gasteiger partial charge in [-0.05, 0) is 48.6 Å². The number of nitrogens with zero attached hydrogens (tertiary/aromatic N) is 1. The van der Waals surface area contributed by atoms with Crippen molar-refractivity contribution in [3.8, 4) is 5.69 Å². The second-order valence-corrected chi connectivity index (χ2v) is 5.76. The fourth-order valence-corrected chi connectivity index (χ4v) is 2.82. The second-order valence-electron chi connectivity index (χ2n) is 5.37. The highest BCUT2D eigenvalue weighted by Crippen LogP contribution is 2.30.